The van der Waals surface area contributed by atoms with Crippen molar-refractivity contribution in [3.63, 3.8) is 0 Å². The predicted molar refractivity (Wildman–Crippen MR) is 92.5 cm³/mol. The Morgan fingerprint density at radius 1 is 1.31 bits per heavy atom. The van der Waals surface area contributed by atoms with Gasteiger partial charge in [0.2, 0.25) is 11.7 Å². The van der Waals surface area contributed by atoms with Gasteiger partial charge in [-0.05, 0) is 25.7 Å². The molecule has 1 fully saturated rings. The summed E-state index contributed by atoms with van der Waals surface area (Å²) in [4.78, 5) is 14.9. The number of nitrogens with zero attached hydrogens (tertiary/aromatic N) is 6. The average molecular weight is 356 g/mol. The molecular weight excluding hydrogens is 336 g/mol. The van der Waals surface area contributed by atoms with Gasteiger partial charge in [-0.2, -0.15) is 5.10 Å². The van der Waals surface area contributed by atoms with Crippen LogP contribution in [0.25, 0.3) is 0 Å². The number of azo groups is 1. The Bertz CT molecular complexity index is 880. The Hall–Kier alpha value is -3.22. The van der Waals surface area contributed by atoms with Gasteiger partial charge in [0.05, 0.1) is 6.04 Å². The van der Waals surface area contributed by atoms with Gasteiger partial charge in [0, 0.05) is 7.05 Å². The molecule has 136 valence electrons. The molecule has 3 N–H and O–H groups in total. The van der Waals surface area contributed by atoms with Crippen molar-refractivity contribution in [2.24, 2.45) is 10.2 Å². The van der Waals surface area contributed by atoms with Crippen LogP contribution in [0.3, 0.4) is 0 Å². The highest BCUT2D eigenvalue weighted by Crippen LogP contribution is 2.38. The van der Waals surface area contributed by atoms with Crippen LogP contribution >= 0.6 is 0 Å². The Morgan fingerprint density at radius 2 is 2.08 bits per heavy atom. The number of aromatic hydroxyl groups is 1. The summed E-state index contributed by atoms with van der Waals surface area (Å²) in [5.41, 5.74) is 0.0295. The predicted octanol–water partition coefficient (Wildman–Crippen LogP) is 2.36. The number of carbonyl (C=O) groups is 1. The van der Waals surface area contributed by atoms with E-state index in [1.165, 1.54) is 18.2 Å². The second kappa shape index (κ2) is 7.77. The minimum atomic E-state index is -0.445. The number of amides is 1. The van der Waals surface area contributed by atoms with E-state index in [1.807, 2.05) is 0 Å². The zero-order valence-corrected chi connectivity index (χ0v) is 14.7. The van der Waals surface area contributed by atoms with E-state index in [0.717, 1.165) is 25.7 Å². The second-order valence-electron chi connectivity index (χ2n) is 5.91. The van der Waals surface area contributed by atoms with Crippen LogP contribution in [0.15, 0.2) is 10.2 Å². The van der Waals surface area contributed by atoms with E-state index in [-0.39, 0.29) is 29.3 Å². The molecule has 0 spiro atoms. The van der Waals surface area contributed by atoms with Crippen molar-refractivity contribution in [1.82, 2.24) is 30.3 Å². The van der Waals surface area contributed by atoms with Crippen LogP contribution in [0.1, 0.15) is 61.4 Å². The van der Waals surface area contributed by atoms with E-state index in [2.05, 4.69) is 47.7 Å². The Morgan fingerprint density at radius 3 is 2.77 bits per heavy atom. The zero-order chi connectivity index (χ0) is 18.5. The molecule has 0 radical (unpaired) electrons. The van der Waals surface area contributed by atoms with Crippen LogP contribution in [0.2, 0.25) is 0 Å². The van der Waals surface area contributed by atoms with Crippen molar-refractivity contribution in [2.45, 2.75) is 45.1 Å². The third-order valence-electron chi connectivity index (χ3n) is 4.19. The number of H-pyrrole nitrogens is 1. The molecule has 0 unspecified atom stereocenters. The van der Waals surface area contributed by atoms with Crippen LogP contribution < -0.4 is 5.32 Å². The van der Waals surface area contributed by atoms with E-state index in [4.69, 9.17) is 0 Å². The third kappa shape index (κ3) is 3.56. The third-order valence-corrected chi connectivity index (χ3v) is 4.19. The molecule has 1 amide bonds. The zero-order valence-electron chi connectivity index (χ0n) is 14.7. The van der Waals surface area contributed by atoms with Crippen LogP contribution in [-0.4, -0.2) is 43.0 Å². The van der Waals surface area contributed by atoms with Crippen molar-refractivity contribution in [3.8, 4) is 17.7 Å². The van der Waals surface area contributed by atoms with Gasteiger partial charge < -0.3 is 10.4 Å². The molecule has 26 heavy (non-hydrogen) atoms. The van der Waals surface area contributed by atoms with Gasteiger partial charge >= 0.3 is 0 Å². The summed E-state index contributed by atoms with van der Waals surface area (Å²) in [5, 5.41) is 32.8. The molecule has 10 nitrogen and oxygen atoms in total. The number of hydrogen-bond donors (Lipinski definition) is 3. The molecule has 0 aliphatic heterocycles. The standard InChI is InChI=1S/C16H20N8O2/c1-3-7-11-18-16(21-19-11)22-20-13-12(14(25)17-2)23-24(15(13)26)10-8-5-4-6-9-10/h10,26H,4-6,8-9H2,1-2H3,(H,17,25)(H,18,19,21). The summed E-state index contributed by atoms with van der Waals surface area (Å²) in [6, 6.07) is 0.0489. The van der Waals surface area contributed by atoms with Gasteiger partial charge in [-0.3, -0.25) is 9.78 Å². The van der Waals surface area contributed by atoms with E-state index in [1.54, 1.807) is 6.92 Å². The summed E-state index contributed by atoms with van der Waals surface area (Å²) >= 11 is 0. The minimum Gasteiger partial charge on any atom is -0.492 e. The Kier molecular flexibility index (Phi) is 5.26. The lowest BCUT2D eigenvalue weighted by atomic mass is 9.96. The average Bonchev–Trinajstić information content (AvgIpc) is 3.24. The summed E-state index contributed by atoms with van der Waals surface area (Å²) in [6.07, 6.45) is 5.10. The SMILES string of the molecule is CC#Cc1nnc(N=Nc2c(C(=O)NC)nn(C3CCCCC3)c2O)[nH]1. The first-order valence-electron chi connectivity index (χ1n) is 8.44. The summed E-state index contributed by atoms with van der Waals surface area (Å²) < 4.78 is 1.48. The molecule has 2 heterocycles. The smallest absolute Gasteiger partial charge is 0.274 e. The van der Waals surface area contributed by atoms with Gasteiger partial charge in [0.25, 0.3) is 11.9 Å². The van der Waals surface area contributed by atoms with Crippen LogP contribution in [0.5, 0.6) is 5.88 Å². The number of carbonyl (C=O) groups excluding carboxylic acids is 1. The molecule has 1 aliphatic carbocycles. The van der Waals surface area contributed by atoms with E-state index in [9.17, 15) is 9.90 Å². The summed E-state index contributed by atoms with van der Waals surface area (Å²) in [7, 11) is 1.49. The first-order chi connectivity index (χ1) is 12.6. The highest BCUT2D eigenvalue weighted by atomic mass is 16.3. The van der Waals surface area contributed by atoms with Gasteiger partial charge in [-0.1, -0.05) is 25.2 Å². The number of nitrogens with one attached hydrogen (secondary N) is 2. The lowest BCUT2D eigenvalue weighted by Crippen LogP contribution is -2.20. The molecule has 1 saturated carbocycles. The lowest BCUT2D eigenvalue weighted by Gasteiger charge is -2.22. The van der Waals surface area contributed by atoms with Crippen LogP contribution in [-0.2, 0) is 0 Å². The molecule has 0 aromatic carbocycles. The van der Waals surface area contributed by atoms with E-state index >= 15 is 0 Å². The number of hydrogen-bond acceptors (Lipinski definition) is 7. The molecule has 1 aliphatic rings. The van der Waals surface area contributed by atoms with Gasteiger partial charge in [-0.25, -0.2) is 4.68 Å². The van der Waals surface area contributed by atoms with Crippen molar-refractivity contribution in [1.29, 1.82) is 0 Å². The van der Waals surface area contributed by atoms with Crippen LogP contribution in [0, 0.1) is 11.8 Å². The highest BCUT2D eigenvalue weighted by molar-refractivity contribution is 5.97. The molecule has 10 heteroatoms. The molecule has 0 atom stereocenters. The summed E-state index contributed by atoms with van der Waals surface area (Å²) in [6.45, 7) is 1.68. The number of aromatic amines is 1. The fraction of sp³-hybridized carbons (Fsp3) is 0.500. The van der Waals surface area contributed by atoms with E-state index in [0.29, 0.717) is 5.82 Å². The fourth-order valence-corrected chi connectivity index (χ4v) is 2.93. The van der Waals surface area contributed by atoms with E-state index < -0.39 is 5.91 Å². The normalized spacial score (nSPS) is 15.0. The fourth-order valence-electron chi connectivity index (χ4n) is 2.93. The van der Waals surface area contributed by atoms with Crippen molar-refractivity contribution in [2.75, 3.05) is 7.05 Å². The van der Waals surface area contributed by atoms with Crippen molar-refractivity contribution < 1.29 is 9.90 Å². The molecular formula is C16H20N8O2. The molecule has 3 rings (SSSR count). The molecule has 2 aromatic rings. The minimum absolute atomic E-state index is 0.00875. The largest absolute Gasteiger partial charge is 0.492 e. The Labute approximate surface area is 150 Å². The lowest BCUT2D eigenvalue weighted by molar-refractivity contribution is 0.0957. The molecule has 2 aromatic heterocycles. The second-order valence-corrected chi connectivity index (χ2v) is 5.91. The topological polar surface area (TPSA) is 133 Å². The monoisotopic (exact) mass is 356 g/mol. The van der Waals surface area contributed by atoms with Crippen molar-refractivity contribution in [3.05, 3.63) is 11.5 Å². The van der Waals surface area contributed by atoms with Crippen molar-refractivity contribution >= 4 is 17.5 Å². The maximum absolute atomic E-state index is 12.1. The summed E-state index contributed by atoms with van der Waals surface area (Å²) in [5.74, 6) is 5.26. The number of aromatic nitrogens is 5. The Balaban J connectivity index is 1.94. The quantitative estimate of drug-likeness (QED) is 0.571. The molecule has 0 saturated heterocycles. The van der Waals surface area contributed by atoms with Gasteiger partial charge in [-0.15, -0.1) is 20.4 Å². The first kappa shape index (κ1) is 17.6. The van der Waals surface area contributed by atoms with Gasteiger partial charge in [0.15, 0.2) is 11.4 Å². The highest BCUT2D eigenvalue weighted by Gasteiger charge is 2.27. The van der Waals surface area contributed by atoms with Crippen LogP contribution in [0.4, 0.5) is 11.6 Å². The molecule has 0 bridgehead atoms. The first-order valence-corrected chi connectivity index (χ1v) is 8.44. The number of rotatable bonds is 4. The van der Waals surface area contributed by atoms with Gasteiger partial charge in [0.1, 0.15) is 0 Å². The maximum atomic E-state index is 12.1. The maximum Gasteiger partial charge on any atom is 0.274 e.